The first-order chi connectivity index (χ1) is 8.68. The van der Waals surface area contributed by atoms with Gasteiger partial charge in [-0.05, 0) is 33.5 Å². The Morgan fingerprint density at radius 2 is 2.17 bits per heavy atom. The van der Waals surface area contributed by atoms with Crippen LogP contribution >= 0.6 is 39.1 Å². The van der Waals surface area contributed by atoms with E-state index in [1.807, 2.05) is 0 Å². The summed E-state index contributed by atoms with van der Waals surface area (Å²) in [4.78, 5) is 2.22. The maximum absolute atomic E-state index is 14.0. The molecule has 3 nitrogen and oxygen atoms in total. The quantitative estimate of drug-likeness (QED) is 0.800. The van der Waals surface area contributed by atoms with Crippen molar-refractivity contribution in [1.29, 1.82) is 0 Å². The Balaban J connectivity index is 2.13. The number of fused-ring (bicyclic) bond motifs is 1. The van der Waals surface area contributed by atoms with Gasteiger partial charge in [0.1, 0.15) is 10.5 Å². The molecule has 2 heterocycles. The molecular formula is C11H10BrClFN3S. The fourth-order valence-corrected chi connectivity index (χ4v) is 3.47. The summed E-state index contributed by atoms with van der Waals surface area (Å²) >= 11 is 10.5. The van der Waals surface area contributed by atoms with E-state index in [1.54, 1.807) is 6.07 Å². The first kappa shape index (κ1) is 12.6. The van der Waals surface area contributed by atoms with Gasteiger partial charge in [-0.25, -0.2) is 4.39 Å². The zero-order chi connectivity index (χ0) is 12.7. The van der Waals surface area contributed by atoms with Crippen molar-refractivity contribution in [3.05, 3.63) is 21.4 Å². The van der Waals surface area contributed by atoms with E-state index in [1.165, 1.54) is 11.5 Å². The number of hydrogen-bond donors (Lipinski definition) is 1. The first-order valence-corrected chi connectivity index (χ1v) is 7.51. The third-order valence-electron chi connectivity index (χ3n) is 2.99. The minimum Gasteiger partial charge on any atom is -0.359 e. The average molecular weight is 351 g/mol. The second-order valence-electron chi connectivity index (χ2n) is 4.11. The number of rotatable bonds is 1. The molecule has 0 amide bonds. The molecule has 1 aliphatic heterocycles. The minimum absolute atomic E-state index is 0.286. The van der Waals surface area contributed by atoms with Crippen LogP contribution < -0.4 is 10.2 Å². The molecule has 1 aliphatic rings. The van der Waals surface area contributed by atoms with E-state index < -0.39 is 0 Å². The predicted octanol–water partition coefficient (Wildman–Crippen LogP) is 3.26. The van der Waals surface area contributed by atoms with Crippen molar-refractivity contribution >= 4 is 55.0 Å². The summed E-state index contributed by atoms with van der Waals surface area (Å²) in [6.45, 7) is 3.69. The Labute approximate surface area is 121 Å². The normalized spacial score (nSPS) is 16.5. The largest absolute Gasteiger partial charge is 0.359 e. The van der Waals surface area contributed by atoms with Crippen LogP contribution in [0.15, 0.2) is 10.5 Å². The lowest BCUT2D eigenvalue weighted by molar-refractivity contribution is 0.592. The fourth-order valence-electron chi connectivity index (χ4n) is 2.07. The van der Waals surface area contributed by atoms with Crippen molar-refractivity contribution in [2.45, 2.75) is 0 Å². The molecule has 1 saturated heterocycles. The number of nitrogens with one attached hydrogen (secondary N) is 1. The molecular weight excluding hydrogens is 341 g/mol. The van der Waals surface area contributed by atoms with Crippen molar-refractivity contribution in [3.8, 4) is 0 Å². The monoisotopic (exact) mass is 349 g/mol. The van der Waals surface area contributed by atoms with E-state index >= 15 is 0 Å². The van der Waals surface area contributed by atoms with Gasteiger partial charge in [0, 0.05) is 31.6 Å². The van der Waals surface area contributed by atoms with Crippen molar-refractivity contribution in [2.75, 3.05) is 31.1 Å². The van der Waals surface area contributed by atoms with E-state index in [2.05, 4.69) is 30.5 Å². The summed E-state index contributed by atoms with van der Waals surface area (Å²) in [6, 6.07) is 1.78. The number of aromatic nitrogens is 1. The Hall–Kier alpha value is -0.430. The molecule has 0 radical (unpaired) electrons. The van der Waals surface area contributed by atoms with Crippen molar-refractivity contribution < 1.29 is 4.39 Å². The highest BCUT2D eigenvalue weighted by molar-refractivity contribution is 9.10. The number of halogens is 3. The van der Waals surface area contributed by atoms with Gasteiger partial charge in [0.05, 0.1) is 9.50 Å². The van der Waals surface area contributed by atoms with Crippen molar-refractivity contribution in [3.63, 3.8) is 0 Å². The average Bonchev–Trinajstić information content (AvgIpc) is 2.81. The molecule has 0 atom stereocenters. The molecule has 18 heavy (non-hydrogen) atoms. The van der Waals surface area contributed by atoms with Crippen LogP contribution in [-0.4, -0.2) is 30.6 Å². The van der Waals surface area contributed by atoms with Gasteiger partial charge in [0.25, 0.3) is 0 Å². The Bertz CT molecular complexity index is 597. The molecule has 1 fully saturated rings. The highest BCUT2D eigenvalue weighted by atomic mass is 79.9. The van der Waals surface area contributed by atoms with Gasteiger partial charge in [0.15, 0.2) is 5.82 Å². The van der Waals surface area contributed by atoms with E-state index in [-0.39, 0.29) is 10.3 Å². The van der Waals surface area contributed by atoms with Crippen LogP contribution in [0.3, 0.4) is 0 Å². The molecule has 0 spiro atoms. The maximum atomic E-state index is 14.0. The zero-order valence-corrected chi connectivity index (χ0v) is 12.5. The topological polar surface area (TPSA) is 28.2 Å². The lowest BCUT2D eigenvalue weighted by Gasteiger charge is -2.27. The standard InChI is InChI=1S/C11H10BrClFN3S/c12-8-7(13)5-6-10(9(8)14)16-18-11(6)17-3-1-15-2-4-17/h5,15H,1-4H2. The van der Waals surface area contributed by atoms with E-state index in [0.29, 0.717) is 10.5 Å². The van der Waals surface area contributed by atoms with E-state index in [4.69, 9.17) is 11.6 Å². The van der Waals surface area contributed by atoms with Gasteiger partial charge in [-0.3, -0.25) is 0 Å². The van der Waals surface area contributed by atoms with Crippen LogP contribution in [0.25, 0.3) is 10.9 Å². The number of nitrogens with zero attached hydrogens (tertiary/aromatic N) is 2. The lowest BCUT2D eigenvalue weighted by atomic mass is 10.2. The maximum Gasteiger partial charge on any atom is 0.166 e. The molecule has 0 saturated carbocycles. The van der Waals surface area contributed by atoms with Crippen LogP contribution in [0, 0.1) is 5.82 Å². The van der Waals surface area contributed by atoms with E-state index in [9.17, 15) is 4.39 Å². The molecule has 0 aliphatic carbocycles. The summed E-state index contributed by atoms with van der Waals surface area (Å²) in [7, 11) is 0. The van der Waals surface area contributed by atoms with Gasteiger partial charge >= 0.3 is 0 Å². The van der Waals surface area contributed by atoms with Crippen LogP contribution in [0.2, 0.25) is 5.02 Å². The molecule has 1 N–H and O–H groups in total. The highest BCUT2D eigenvalue weighted by Gasteiger charge is 2.20. The number of piperazine rings is 1. The number of hydrogen-bond acceptors (Lipinski definition) is 4. The van der Waals surface area contributed by atoms with Crippen LogP contribution in [0.4, 0.5) is 9.39 Å². The third kappa shape index (κ3) is 2.01. The summed E-state index contributed by atoms with van der Waals surface area (Å²) < 4.78 is 18.5. The van der Waals surface area contributed by atoms with Gasteiger partial charge in [-0.1, -0.05) is 11.6 Å². The summed E-state index contributed by atoms with van der Waals surface area (Å²) in [5, 5.41) is 5.48. The van der Waals surface area contributed by atoms with Gasteiger partial charge < -0.3 is 10.2 Å². The lowest BCUT2D eigenvalue weighted by Crippen LogP contribution is -2.43. The highest BCUT2D eigenvalue weighted by Crippen LogP contribution is 2.38. The molecule has 1 aromatic carbocycles. The minimum atomic E-state index is -0.380. The molecule has 3 rings (SSSR count). The predicted molar refractivity (Wildman–Crippen MR) is 77.4 cm³/mol. The zero-order valence-electron chi connectivity index (χ0n) is 9.34. The summed E-state index contributed by atoms with van der Waals surface area (Å²) in [6.07, 6.45) is 0. The Morgan fingerprint density at radius 3 is 2.89 bits per heavy atom. The van der Waals surface area contributed by atoms with Crippen LogP contribution in [0.1, 0.15) is 0 Å². The molecule has 2 aromatic rings. The van der Waals surface area contributed by atoms with Gasteiger partial charge in [0.2, 0.25) is 0 Å². The van der Waals surface area contributed by atoms with Gasteiger partial charge in [-0.2, -0.15) is 4.37 Å². The first-order valence-electron chi connectivity index (χ1n) is 5.57. The summed E-state index contributed by atoms with van der Waals surface area (Å²) in [5.41, 5.74) is 0.393. The summed E-state index contributed by atoms with van der Waals surface area (Å²) in [5.74, 6) is -0.380. The second kappa shape index (κ2) is 4.92. The third-order valence-corrected chi connectivity index (χ3v) is 5.22. The Morgan fingerprint density at radius 1 is 1.44 bits per heavy atom. The smallest absolute Gasteiger partial charge is 0.166 e. The van der Waals surface area contributed by atoms with Gasteiger partial charge in [-0.15, -0.1) is 0 Å². The molecule has 0 unspecified atom stereocenters. The number of benzene rings is 1. The second-order valence-corrected chi connectivity index (χ2v) is 6.06. The molecule has 7 heteroatoms. The molecule has 96 valence electrons. The van der Waals surface area contributed by atoms with Crippen LogP contribution in [-0.2, 0) is 0 Å². The Kier molecular flexibility index (Phi) is 3.44. The van der Waals surface area contributed by atoms with Crippen molar-refractivity contribution in [2.24, 2.45) is 0 Å². The SMILES string of the molecule is Fc1c(Br)c(Cl)cc2c(N3CCNCC3)snc12. The fraction of sp³-hybridized carbons (Fsp3) is 0.364. The molecule has 0 bridgehead atoms. The van der Waals surface area contributed by atoms with E-state index in [0.717, 1.165) is 36.6 Å². The van der Waals surface area contributed by atoms with Crippen molar-refractivity contribution in [1.82, 2.24) is 9.69 Å². The number of anilines is 1. The molecule has 1 aromatic heterocycles. The van der Waals surface area contributed by atoms with Crippen LogP contribution in [0.5, 0.6) is 0 Å².